The molecule has 1 aliphatic heterocycles. The van der Waals surface area contributed by atoms with Crippen LogP contribution in [-0.4, -0.2) is 36.6 Å². The summed E-state index contributed by atoms with van der Waals surface area (Å²) in [4.78, 5) is 13.8. The molecule has 19 heavy (non-hydrogen) atoms. The highest BCUT2D eigenvalue weighted by molar-refractivity contribution is 5.82. The van der Waals surface area contributed by atoms with Crippen LogP contribution in [0.5, 0.6) is 11.5 Å². The average molecular weight is 260 g/mol. The average Bonchev–Trinajstić information content (AvgIpc) is 2.45. The third kappa shape index (κ3) is 2.79. The Morgan fingerprint density at radius 1 is 1.53 bits per heavy atom. The Morgan fingerprint density at radius 2 is 2.21 bits per heavy atom. The summed E-state index contributed by atoms with van der Waals surface area (Å²) in [5, 5.41) is 8.66. The summed E-state index contributed by atoms with van der Waals surface area (Å²) < 4.78 is 11.2. The van der Waals surface area contributed by atoms with Crippen LogP contribution in [0.1, 0.15) is 13.3 Å². The van der Waals surface area contributed by atoms with Crippen molar-refractivity contribution in [2.45, 2.75) is 25.5 Å². The molecule has 2 unspecified atom stereocenters. The van der Waals surface area contributed by atoms with Gasteiger partial charge in [0.15, 0.2) is 11.5 Å². The van der Waals surface area contributed by atoms with Crippen LogP contribution in [0.4, 0.5) is 0 Å². The summed E-state index contributed by atoms with van der Waals surface area (Å²) in [6, 6.07) is 9.17. The monoisotopic (exact) mass is 260 g/mol. The van der Waals surface area contributed by atoms with Crippen molar-refractivity contribution in [3.63, 3.8) is 0 Å². The maximum absolute atomic E-state index is 12.2. The molecule has 2 rings (SSSR count). The van der Waals surface area contributed by atoms with Crippen molar-refractivity contribution in [3.05, 3.63) is 24.3 Å². The zero-order valence-corrected chi connectivity index (χ0v) is 11.0. The number of hydrogen-bond acceptors (Lipinski definition) is 4. The van der Waals surface area contributed by atoms with Gasteiger partial charge in [0.1, 0.15) is 6.61 Å². The predicted molar refractivity (Wildman–Crippen MR) is 68.8 cm³/mol. The van der Waals surface area contributed by atoms with Crippen LogP contribution >= 0.6 is 0 Å². The van der Waals surface area contributed by atoms with Crippen LogP contribution in [0.2, 0.25) is 0 Å². The van der Waals surface area contributed by atoms with E-state index in [1.54, 1.807) is 19.2 Å². The van der Waals surface area contributed by atoms with Gasteiger partial charge < -0.3 is 14.4 Å². The molecule has 0 spiro atoms. The van der Waals surface area contributed by atoms with Crippen LogP contribution in [0.3, 0.4) is 0 Å². The number of rotatable bonds is 3. The van der Waals surface area contributed by atoms with Crippen molar-refractivity contribution in [1.82, 2.24) is 4.90 Å². The molecule has 0 fully saturated rings. The predicted octanol–water partition coefficient (Wildman–Crippen LogP) is 1.59. The smallest absolute Gasteiger partial charge is 0.267 e. The molecule has 5 nitrogen and oxygen atoms in total. The van der Waals surface area contributed by atoms with Gasteiger partial charge in [-0.15, -0.1) is 0 Å². The van der Waals surface area contributed by atoms with Crippen molar-refractivity contribution in [1.29, 1.82) is 5.26 Å². The first-order chi connectivity index (χ1) is 9.13. The second-order valence-corrected chi connectivity index (χ2v) is 4.52. The minimum absolute atomic E-state index is 0.140. The Balaban J connectivity index is 2.05. The molecule has 0 saturated carbocycles. The first-order valence-electron chi connectivity index (χ1n) is 6.15. The maximum atomic E-state index is 12.2. The van der Waals surface area contributed by atoms with E-state index in [1.807, 2.05) is 19.1 Å². The molecule has 100 valence electrons. The van der Waals surface area contributed by atoms with Gasteiger partial charge >= 0.3 is 0 Å². The van der Waals surface area contributed by atoms with Gasteiger partial charge in [-0.05, 0) is 19.1 Å². The number of carbonyl (C=O) groups is 1. The lowest BCUT2D eigenvalue weighted by Crippen LogP contribution is -2.47. The van der Waals surface area contributed by atoms with Crippen molar-refractivity contribution in [2.75, 3.05) is 13.7 Å². The van der Waals surface area contributed by atoms with Gasteiger partial charge in [0.2, 0.25) is 6.10 Å². The van der Waals surface area contributed by atoms with Crippen molar-refractivity contribution in [3.8, 4) is 17.6 Å². The van der Waals surface area contributed by atoms with E-state index >= 15 is 0 Å². The largest absolute Gasteiger partial charge is 0.485 e. The molecule has 1 heterocycles. The molecule has 0 radical (unpaired) electrons. The number of nitriles is 1. The van der Waals surface area contributed by atoms with E-state index in [0.29, 0.717) is 17.9 Å². The lowest BCUT2D eigenvalue weighted by atomic mass is 10.2. The van der Waals surface area contributed by atoms with Crippen LogP contribution in [0.25, 0.3) is 0 Å². The molecule has 0 bridgehead atoms. The SMILES string of the molecule is CC(CC#N)N(C)C(=O)C1COc2ccccc2O1. The highest BCUT2D eigenvalue weighted by Crippen LogP contribution is 2.31. The van der Waals surface area contributed by atoms with Gasteiger partial charge in [-0.2, -0.15) is 5.26 Å². The minimum atomic E-state index is -0.652. The quantitative estimate of drug-likeness (QED) is 0.828. The van der Waals surface area contributed by atoms with Gasteiger partial charge in [0.25, 0.3) is 5.91 Å². The van der Waals surface area contributed by atoms with Gasteiger partial charge in [0.05, 0.1) is 12.5 Å². The summed E-state index contributed by atoms with van der Waals surface area (Å²) in [6.07, 6.45) is -0.354. The van der Waals surface area contributed by atoms with Crippen LogP contribution in [0.15, 0.2) is 24.3 Å². The normalized spacial score (nSPS) is 18.3. The molecular weight excluding hydrogens is 244 g/mol. The summed E-state index contributed by atoms with van der Waals surface area (Å²) in [7, 11) is 1.67. The Kier molecular flexibility index (Phi) is 3.91. The Morgan fingerprint density at radius 3 is 2.89 bits per heavy atom. The zero-order chi connectivity index (χ0) is 13.8. The van der Waals surface area contributed by atoms with E-state index in [1.165, 1.54) is 4.90 Å². The minimum Gasteiger partial charge on any atom is -0.485 e. The third-order valence-electron chi connectivity index (χ3n) is 3.18. The summed E-state index contributed by atoms with van der Waals surface area (Å²) >= 11 is 0. The second kappa shape index (κ2) is 5.61. The molecule has 1 aromatic rings. The Labute approximate surface area is 112 Å². The Bertz CT molecular complexity index is 510. The van der Waals surface area contributed by atoms with Crippen molar-refractivity contribution < 1.29 is 14.3 Å². The molecule has 1 amide bonds. The molecule has 0 saturated heterocycles. The number of likely N-dealkylation sites (N-methyl/N-ethyl adjacent to an activating group) is 1. The fourth-order valence-corrected chi connectivity index (χ4v) is 1.85. The standard InChI is InChI=1S/C14H16N2O3/c1-10(7-8-15)16(2)14(17)13-9-18-11-5-3-4-6-12(11)19-13/h3-6,10,13H,7,9H2,1-2H3. The molecule has 0 aliphatic carbocycles. The van der Waals surface area contributed by atoms with Crippen LogP contribution in [0, 0.1) is 11.3 Å². The van der Waals surface area contributed by atoms with E-state index in [2.05, 4.69) is 6.07 Å². The lowest BCUT2D eigenvalue weighted by Gasteiger charge is -2.31. The molecule has 5 heteroatoms. The van der Waals surface area contributed by atoms with E-state index in [9.17, 15) is 4.79 Å². The van der Waals surface area contributed by atoms with Gasteiger partial charge in [-0.25, -0.2) is 0 Å². The van der Waals surface area contributed by atoms with Gasteiger partial charge in [0, 0.05) is 13.1 Å². The number of amides is 1. The molecule has 0 aromatic heterocycles. The summed E-state index contributed by atoms with van der Waals surface area (Å²) in [5.74, 6) is 1.06. The number of nitrogens with zero attached hydrogens (tertiary/aromatic N) is 2. The fraction of sp³-hybridized carbons (Fsp3) is 0.429. The van der Waals surface area contributed by atoms with Crippen molar-refractivity contribution in [2.24, 2.45) is 0 Å². The van der Waals surface area contributed by atoms with Gasteiger partial charge in [-0.3, -0.25) is 4.79 Å². The number of ether oxygens (including phenoxy) is 2. The number of hydrogen-bond donors (Lipinski definition) is 0. The number of benzene rings is 1. The lowest BCUT2D eigenvalue weighted by molar-refractivity contribution is -0.141. The van der Waals surface area contributed by atoms with Crippen LogP contribution in [-0.2, 0) is 4.79 Å². The number of fused-ring (bicyclic) bond motifs is 1. The molecule has 2 atom stereocenters. The molecule has 1 aromatic carbocycles. The summed E-state index contributed by atoms with van der Waals surface area (Å²) in [6.45, 7) is 2.03. The van der Waals surface area contributed by atoms with Crippen LogP contribution < -0.4 is 9.47 Å². The molecule has 1 aliphatic rings. The van der Waals surface area contributed by atoms with E-state index < -0.39 is 6.10 Å². The molecule has 0 N–H and O–H groups in total. The number of carbonyl (C=O) groups excluding carboxylic acids is 1. The van der Waals surface area contributed by atoms with Crippen molar-refractivity contribution >= 4 is 5.91 Å². The first kappa shape index (κ1) is 13.2. The van der Waals surface area contributed by atoms with E-state index in [0.717, 1.165) is 0 Å². The van der Waals surface area contributed by atoms with E-state index in [-0.39, 0.29) is 18.6 Å². The number of para-hydroxylation sites is 2. The van der Waals surface area contributed by atoms with E-state index in [4.69, 9.17) is 14.7 Å². The second-order valence-electron chi connectivity index (χ2n) is 4.52. The summed E-state index contributed by atoms with van der Waals surface area (Å²) in [5.41, 5.74) is 0. The topological polar surface area (TPSA) is 62.6 Å². The third-order valence-corrected chi connectivity index (χ3v) is 3.18. The zero-order valence-electron chi connectivity index (χ0n) is 11.0. The van der Waals surface area contributed by atoms with Gasteiger partial charge in [-0.1, -0.05) is 12.1 Å². The highest BCUT2D eigenvalue weighted by atomic mass is 16.6. The Hall–Kier alpha value is -2.22. The fourth-order valence-electron chi connectivity index (χ4n) is 1.85. The first-order valence-corrected chi connectivity index (χ1v) is 6.15. The maximum Gasteiger partial charge on any atom is 0.267 e. The molecular formula is C14H16N2O3. The highest BCUT2D eigenvalue weighted by Gasteiger charge is 2.31.